The van der Waals surface area contributed by atoms with E-state index in [1.807, 2.05) is 13.8 Å². The minimum Gasteiger partial charge on any atom is -0.396 e. The number of fused-ring (bicyclic) bond motifs is 4. The average molecular weight is 397 g/mol. The molecule has 0 aromatic heterocycles. The second-order valence-electron chi connectivity index (χ2n) is 11.1. The summed E-state index contributed by atoms with van der Waals surface area (Å²) in [7, 11) is 0. The lowest BCUT2D eigenvalue weighted by molar-refractivity contribution is -0.359. The number of hydrogen-bond donors (Lipinski definition) is 2. The van der Waals surface area contributed by atoms with Gasteiger partial charge in [-0.05, 0) is 64.2 Å². The summed E-state index contributed by atoms with van der Waals surface area (Å²) in [5.74, 6) is 0.409. The molecule has 2 saturated heterocycles. The van der Waals surface area contributed by atoms with Crippen LogP contribution < -0.4 is 0 Å². The van der Waals surface area contributed by atoms with Crippen molar-refractivity contribution >= 4 is 0 Å². The highest BCUT2D eigenvalue weighted by molar-refractivity contribution is 5.18. The highest BCUT2D eigenvalue weighted by Crippen LogP contribution is 2.69. The molecule has 2 aliphatic heterocycles. The Morgan fingerprint density at radius 1 is 0.964 bits per heavy atom. The van der Waals surface area contributed by atoms with E-state index in [-0.39, 0.29) is 35.7 Å². The molecule has 1 spiro atoms. The molecule has 162 valence electrons. The standard InChI is InChI=1S/C23H40O5/c1-16-6-7-17-20(4)15-26-19(2,3)27-18(20)8-9-21(17,5)23(16)11-10-22(14-25,28-23)12-13-24/h16-18,24-25H,6-15H2,1-5H3/t16-,17?,18+,20+,21+,22+,23-/m0/s1. The van der Waals surface area contributed by atoms with Crippen molar-refractivity contribution < 1.29 is 24.4 Å². The third-order valence-electron chi connectivity index (χ3n) is 9.24. The van der Waals surface area contributed by atoms with Crippen molar-refractivity contribution in [3.05, 3.63) is 0 Å². The molecule has 0 aromatic rings. The molecule has 0 radical (unpaired) electrons. The Kier molecular flexibility index (Phi) is 5.00. The Labute approximate surface area is 170 Å². The molecule has 0 bridgehead atoms. The SMILES string of the molecule is C[C@H]1CCC2[C@@]3(C)COC(C)(C)O[C@@H]3CC[C@@]2(C)[C@]12CC[C@](CO)(CCO)O2. The normalized spacial score (nSPS) is 53.0. The molecule has 4 rings (SSSR count). The van der Waals surface area contributed by atoms with E-state index in [0.717, 1.165) is 38.7 Å². The van der Waals surface area contributed by atoms with E-state index in [9.17, 15) is 10.2 Å². The highest BCUT2D eigenvalue weighted by Gasteiger charge is 2.70. The van der Waals surface area contributed by atoms with E-state index in [4.69, 9.17) is 14.2 Å². The van der Waals surface area contributed by atoms with Crippen LogP contribution in [0.15, 0.2) is 0 Å². The van der Waals surface area contributed by atoms with Gasteiger partial charge in [0.1, 0.15) is 0 Å². The molecule has 0 amide bonds. The van der Waals surface area contributed by atoms with E-state index < -0.39 is 11.4 Å². The fourth-order valence-corrected chi connectivity index (χ4v) is 7.57. The fourth-order valence-electron chi connectivity index (χ4n) is 7.57. The molecule has 0 aromatic carbocycles. The van der Waals surface area contributed by atoms with Crippen LogP contribution in [-0.4, -0.2) is 53.1 Å². The fraction of sp³-hybridized carbons (Fsp3) is 1.00. The van der Waals surface area contributed by atoms with Gasteiger partial charge >= 0.3 is 0 Å². The Morgan fingerprint density at radius 2 is 1.71 bits per heavy atom. The molecule has 2 saturated carbocycles. The first-order valence-electron chi connectivity index (χ1n) is 11.3. The summed E-state index contributed by atoms with van der Waals surface area (Å²) in [6, 6.07) is 0. The van der Waals surface area contributed by atoms with Gasteiger partial charge < -0.3 is 24.4 Å². The van der Waals surface area contributed by atoms with Gasteiger partial charge in [0, 0.05) is 23.9 Å². The van der Waals surface area contributed by atoms with Crippen molar-refractivity contribution in [2.24, 2.45) is 22.7 Å². The van der Waals surface area contributed by atoms with Crippen molar-refractivity contribution in [2.45, 2.75) is 103 Å². The maximum atomic E-state index is 10.1. The molecule has 7 atom stereocenters. The quantitative estimate of drug-likeness (QED) is 0.762. The van der Waals surface area contributed by atoms with Crippen molar-refractivity contribution in [3.63, 3.8) is 0 Å². The monoisotopic (exact) mass is 396 g/mol. The summed E-state index contributed by atoms with van der Waals surface area (Å²) in [4.78, 5) is 0. The van der Waals surface area contributed by atoms with E-state index in [1.165, 1.54) is 6.42 Å². The average Bonchev–Trinajstić information content (AvgIpc) is 3.03. The number of aliphatic hydroxyl groups is 2. The lowest BCUT2D eigenvalue weighted by Gasteiger charge is -2.67. The predicted molar refractivity (Wildman–Crippen MR) is 107 cm³/mol. The van der Waals surface area contributed by atoms with Crippen molar-refractivity contribution in [2.75, 3.05) is 19.8 Å². The Hall–Kier alpha value is -0.200. The van der Waals surface area contributed by atoms with Crippen LogP contribution in [-0.2, 0) is 14.2 Å². The van der Waals surface area contributed by atoms with E-state index in [1.54, 1.807) is 0 Å². The smallest absolute Gasteiger partial charge is 0.163 e. The van der Waals surface area contributed by atoms with Crippen molar-refractivity contribution in [1.82, 2.24) is 0 Å². The predicted octanol–water partition coefficient (Wildman–Crippen LogP) is 3.65. The molecular weight excluding hydrogens is 356 g/mol. The van der Waals surface area contributed by atoms with Crippen LogP contribution in [0, 0.1) is 22.7 Å². The first kappa shape index (κ1) is 21.0. The van der Waals surface area contributed by atoms with Gasteiger partial charge in [0.2, 0.25) is 0 Å². The van der Waals surface area contributed by atoms with Gasteiger partial charge in [-0.25, -0.2) is 0 Å². The molecule has 2 aliphatic carbocycles. The van der Waals surface area contributed by atoms with Gasteiger partial charge in [0.25, 0.3) is 0 Å². The van der Waals surface area contributed by atoms with Gasteiger partial charge in [-0.3, -0.25) is 0 Å². The topological polar surface area (TPSA) is 68.2 Å². The first-order chi connectivity index (χ1) is 13.1. The zero-order valence-electron chi connectivity index (χ0n) is 18.4. The van der Waals surface area contributed by atoms with Gasteiger partial charge in [0.15, 0.2) is 5.79 Å². The summed E-state index contributed by atoms with van der Waals surface area (Å²) >= 11 is 0. The molecule has 2 N–H and O–H groups in total. The summed E-state index contributed by atoms with van der Waals surface area (Å²) in [5, 5.41) is 19.7. The van der Waals surface area contributed by atoms with Crippen molar-refractivity contribution in [3.8, 4) is 0 Å². The Balaban J connectivity index is 1.70. The second kappa shape index (κ2) is 6.65. The molecule has 5 nitrogen and oxygen atoms in total. The third kappa shape index (κ3) is 2.76. The van der Waals surface area contributed by atoms with Crippen LogP contribution in [0.1, 0.15) is 79.6 Å². The summed E-state index contributed by atoms with van der Waals surface area (Å²) in [6.45, 7) is 12.0. The van der Waals surface area contributed by atoms with Crippen LogP contribution >= 0.6 is 0 Å². The summed E-state index contributed by atoms with van der Waals surface area (Å²) in [6.07, 6.45) is 6.95. The zero-order valence-corrected chi connectivity index (χ0v) is 18.4. The van der Waals surface area contributed by atoms with Crippen molar-refractivity contribution in [1.29, 1.82) is 0 Å². The second-order valence-corrected chi connectivity index (χ2v) is 11.1. The van der Waals surface area contributed by atoms with Crippen LogP contribution in [0.5, 0.6) is 0 Å². The van der Waals surface area contributed by atoms with Gasteiger partial charge in [-0.2, -0.15) is 0 Å². The number of ether oxygens (including phenoxy) is 3. The Bertz CT molecular complexity index is 608. The van der Waals surface area contributed by atoms with Gasteiger partial charge in [-0.15, -0.1) is 0 Å². The number of rotatable bonds is 3. The summed E-state index contributed by atoms with van der Waals surface area (Å²) in [5.41, 5.74) is -0.820. The van der Waals surface area contributed by atoms with E-state index >= 15 is 0 Å². The minimum absolute atomic E-state index is 0.0108. The molecule has 4 fully saturated rings. The van der Waals surface area contributed by atoms with E-state index in [2.05, 4.69) is 20.8 Å². The van der Waals surface area contributed by atoms with Crippen LogP contribution in [0.3, 0.4) is 0 Å². The molecule has 2 heterocycles. The maximum Gasteiger partial charge on any atom is 0.163 e. The maximum absolute atomic E-state index is 10.1. The van der Waals surface area contributed by atoms with Gasteiger partial charge in [-0.1, -0.05) is 20.8 Å². The molecule has 4 aliphatic rings. The third-order valence-corrected chi connectivity index (χ3v) is 9.24. The first-order valence-corrected chi connectivity index (χ1v) is 11.3. The number of hydrogen-bond acceptors (Lipinski definition) is 5. The minimum atomic E-state index is -0.590. The van der Waals surface area contributed by atoms with Gasteiger partial charge in [0.05, 0.1) is 30.5 Å². The molecule has 1 unspecified atom stereocenters. The molecular formula is C23H40O5. The highest BCUT2D eigenvalue weighted by atomic mass is 16.7. The largest absolute Gasteiger partial charge is 0.396 e. The lowest BCUT2D eigenvalue weighted by Crippen LogP contribution is -2.69. The summed E-state index contributed by atoms with van der Waals surface area (Å²) < 4.78 is 19.5. The van der Waals surface area contributed by atoms with Crippen LogP contribution in [0.2, 0.25) is 0 Å². The lowest BCUT2D eigenvalue weighted by atomic mass is 9.43. The Morgan fingerprint density at radius 3 is 2.39 bits per heavy atom. The molecule has 28 heavy (non-hydrogen) atoms. The molecule has 5 heteroatoms. The van der Waals surface area contributed by atoms with Crippen LogP contribution in [0.4, 0.5) is 0 Å². The zero-order chi connectivity index (χ0) is 20.4. The van der Waals surface area contributed by atoms with E-state index in [0.29, 0.717) is 18.3 Å². The van der Waals surface area contributed by atoms with Crippen LogP contribution in [0.25, 0.3) is 0 Å². The number of aliphatic hydroxyl groups excluding tert-OH is 2.